The first-order valence-electron chi connectivity index (χ1n) is 7.96. The Bertz CT molecular complexity index is 466. The molecule has 6 heteroatoms. The zero-order valence-corrected chi connectivity index (χ0v) is 13.9. The molecule has 0 aliphatic carbocycles. The van der Waals surface area contributed by atoms with Crippen molar-refractivity contribution in [1.29, 1.82) is 0 Å². The van der Waals surface area contributed by atoms with E-state index in [-0.39, 0.29) is 5.91 Å². The molecule has 6 nitrogen and oxygen atoms in total. The van der Waals surface area contributed by atoms with E-state index in [1.165, 1.54) is 0 Å². The lowest BCUT2D eigenvalue weighted by molar-refractivity contribution is 0.0637. The van der Waals surface area contributed by atoms with Gasteiger partial charge in [-0.1, -0.05) is 6.92 Å². The van der Waals surface area contributed by atoms with Gasteiger partial charge in [0, 0.05) is 39.3 Å². The lowest BCUT2D eigenvalue weighted by atomic mass is 10.2. The first kappa shape index (κ1) is 16.7. The Morgan fingerprint density at radius 3 is 2.55 bits per heavy atom. The van der Waals surface area contributed by atoms with Crippen LogP contribution in [-0.2, 0) is 0 Å². The highest BCUT2D eigenvalue weighted by molar-refractivity contribution is 5.92. The van der Waals surface area contributed by atoms with Gasteiger partial charge in [0.1, 0.15) is 5.69 Å². The molecule has 1 aromatic heterocycles. The Labute approximate surface area is 133 Å². The molecule has 0 aromatic carbocycles. The molecule has 1 saturated heterocycles. The van der Waals surface area contributed by atoms with Gasteiger partial charge in [0.05, 0.1) is 11.9 Å². The van der Waals surface area contributed by atoms with Crippen molar-refractivity contribution in [3.8, 4) is 0 Å². The third-order valence-corrected chi connectivity index (χ3v) is 3.98. The summed E-state index contributed by atoms with van der Waals surface area (Å²) in [5.41, 5.74) is 1.48. The number of nitrogens with zero attached hydrogens (tertiary/aromatic N) is 4. The lowest BCUT2D eigenvalue weighted by Gasteiger charge is -2.33. The van der Waals surface area contributed by atoms with Crippen LogP contribution in [0.5, 0.6) is 0 Å². The lowest BCUT2D eigenvalue weighted by Crippen LogP contribution is -2.48. The topological polar surface area (TPSA) is 51.7 Å². The van der Waals surface area contributed by atoms with Gasteiger partial charge in [0.25, 0.3) is 5.91 Å². The van der Waals surface area contributed by atoms with Gasteiger partial charge in [-0.3, -0.25) is 4.79 Å². The van der Waals surface area contributed by atoms with Crippen molar-refractivity contribution in [1.82, 2.24) is 19.7 Å². The number of likely N-dealkylation sites (N-methyl/N-ethyl adjacent to an activating group) is 2. The van der Waals surface area contributed by atoms with Crippen molar-refractivity contribution in [2.75, 3.05) is 65.2 Å². The summed E-state index contributed by atoms with van der Waals surface area (Å²) in [6, 6.07) is 3.74. The molecule has 2 heterocycles. The standard InChI is InChI=1S/C16H27N5O/c1-4-20-9-11-21(12-10-20)16(22)15-6-5-14(13-18-15)17-7-8-19(2)3/h5-6,13,17H,4,7-12H2,1-3H3. The fraction of sp³-hybridized carbons (Fsp3) is 0.625. The zero-order chi connectivity index (χ0) is 15.9. The van der Waals surface area contributed by atoms with Crippen LogP contribution in [0.1, 0.15) is 17.4 Å². The van der Waals surface area contributed by atoms with E-state index < -0.39 is 0 Å². The largest absolute Gasteiger partial charge is 0.383 e. The minimum absolute atomic E-state index is 0.0376. The van der Waals surface area contributed by atoms with E-state index in [0.717, 1.165) is 51.5 Å². The van der Waals surface area contributed by atoms with E-state index in [1.807, 2.05) is 31.1 Å². The van der Waals surface area contributed by atoms with Crippen LogP contribution >= 0.6 is 0 Å². The molecule has 0 atom stereocenters. The summed E-state index contributed by atoms with van der Waals surface area (Å²) in [6.45, 7) is 8.51. The van der Waals surface area contributed by atoms with Crippen LogP contribution in [0.3, 0.4) is 0 Å². The number of piperazine rings is 1. The summed E-state index contributed by atoms with van der Waals surface area (Å²) in [5, 5.41) is 3.30. The first-order valence-corrected chi connectivity index (χ1v) is 7.96. The highest BCUT2D eigenvalue weighted by Crippen LogP contribution is 2.10. The van der Waals surface area contributed by atoms with E-state index in [9.17, 15) is 4.79 Å². The Morgan fingerprint density at radius 1 is 1.27 bits per heavy atom. The number of nitrogens with one attached hydrogen (secondary N) is 1. The van der Waals surface area contributed by atoms with Crippen molar-refractivity contribution in [3.05, 3.63) is 24.0 Å². The summed E-state index contributed by atoms with van der Waals surface area (Å²) in [6.07, 6.45) is 1.74. The fourth-order valence-corrected chi connectivity index (χ4v) is 2.48. The first-order chi connectivity index (χ1) is 10.6. The van der Waals surface area contributed by atoms with Gasteiger partial charge in [-0.05, 0) is 32.8 Å². The summed E-state index contributed by atoms with van der Waals surface area (Å²) >= 11 is 0. The molecule has 1 N–H and O–H groups in total. The van der Waals surface area contributed by atoms with Crippen molar-refractivity contribution in [2.24, 2.45) is 0 Å². The van der Waals surface area contributed by atoms with Gasteiger partial charge in [-0.15, -0.1) is 0 Å². The van der Waals surface area contributed by atoms with E-state index in [4.69, 9.17) is 0 Å². The molecule has 0 spiro atoms. The summed E-state index contributed by atoms with van der Waals surface area (Å²) in [7, 11) is 4.08. The molecule has 2 rings (SSSR count). The normalized spacial score (nSPS) is 16.1. The second-order valence-electron chi connectivity index (χ2n) is 5.89. The summed E-state index contributed by atoms with van der Waals surface area (Å²) < 4.78 is 0. The number of amides is 1. The smallest absolute Gasteiger partial charge is 0.272 e. The number of rotatable bonds is 6. The van der Waals surface area contributed by atoms with Crippen LogP contribution in [0, 0.1) is 0 Å². The SMILES string of the molecule is CCN1CCN(C(=O)c2ccc(NCCN(C)C)cn2)CC1. The Hall–Kier alpha value is -1.66. The molecule has 22 heavy (non-hydrogen) atoms. The van der Waals surface area contributed by atoms with Crippen molar-refractivity contribution in [3.63, 3.8) is 0 Å². The second-order valence-corrected chi connectivity index (χ2v) is 5.89. The van der Waals surface area contributed by atoms with Gasteiger partial charge in [0.2, 0.25) is 0 Å². The van der Waals surface area contributed by atoms with Crippen LogP contribution in [0.2, 0.25) is 0 Å². The van der Waals surface area contributed by atoms with Gasteiger partial charge in [0.15, 0.2) is 0 Å². The molecule has 0 bridgehead atoms. The predicted molar refractivity (Wildman–Crippen MR) is 89.3 cm³/mol. The maximum atomic E-state index is 12.4. The maximum Gasteiger partial charge on any atom is 0.272 e. The Balaban J connectivity index is 1.86. The van der Waals surface area contributed by atoms with Gasteiger partial charge < -0.3 is 20.0 Å². The molecular weight excluding hydrogens is 278 g/mol. The second kappa shape index (κ2) is 8.10. The van der Waals surface area contributed by atoms with Gasteiger partial charge >= 0.3 is 0 Å². The summed E-state index contributed by atoms with van der Waals surface area (Å²) in [5.74, 6) is 0.0376. The average Bonchev–Trinajstić information content (AvgIpc) is 2.54. The highest BCUT2D eigenvalue weighted by Gasteiger charge is 2.21. The van der Waals surface area contributed by atoms with Crippen molar-refractivity contribution >= 4 is 11.6 Å². The molecule has 0 radical (unpaired) electrons. The molecular formula is C16H27N5O. The van der Waals surface area contributed by atoms with Gasteiger partial charge in [-0.2, -0.15) is 0 Å². The molecule has 1 aromatic rings. The number of carbonyl (C=O) groups excluding carboxylic acids is 1. The van der Waals surface area contributed by atoms with Crippen molar-refractivity contribution in [2.45, 2.75) is 6.92 Å². The van der Waals surface area contributed by atoms with E-state index in [1.54, 1.807) is 6.20 Å². The molecule has 0 unspecified atom stereocenters. The molecule has 1 aliphatic heterocycles. The zero-order valence-electron chi connectivity index (χ0n) is 13.9. The third kappa shape index (κ3) is 4.68. The maximum absolute atomic E-state index is 12.4. The number of hydrogen-bond donors (Lipinski definition) is 1. The number of anilines is 1. The number of carbonyl (C=O) groups is 1. The van der Waals surface area contributed by atoms with E-state index >= 15 is 0 Å². The number of pyridine rings is 1. The Kier molecular flexibility index (Phi) is 6.15. The quantitative estimate of drug-likeness (QED) is 0.844. The summed E-state index contributed by atoms with van der Waals surface area (Å²) in [4.78, 5) is 23.1. The molecule has 1 aliphatic rings. The molecule has 0 saturated carbocycles. The van der Waals surface area contributed by atoms with Gasteiger partial charge in [-0.25, -0.2) is 4.98 Å². The molecule has 1 fully saturated rings. The van der Waals surface area contributed by atoms with Crippen LogP contribution < -0.4 is 5.32 Å². The van der Waals surface area contributed by atoms with E-state index in [2.05, 4.69) is 27.0 Å². The molecule has 122 valence electrons. The van der Waals surface area contributed by atoms with Crippen LogP contribution in [-0.4, -0.2) is 85.5 Å². The predicted octanol–water partition coefficient (Wildman–Crippen LogP) is 0.833. The van der Waals surface area contributed by atoms with Crippen LogP contribution in [0.25, 0.3) is 0 Å². The van der Waals surface area contributed by atoms with Crippen LogP contribution in [0.15, 0.2) is 18.3 Å². The fourth-order valence-electron chi connectivity index (χ4n) is 2.48. The average molecular weight is 305 g/mol. The van der Waals surface area contributed by atoms with Crippen molar-refractivity contribution < 1.29 is 4.79 Å². The Morgan fingerprint density at radius 2 is 2.00 bits per heavy atom. The monoisotopic (exact) mass is 305 g/mol. The number of aromatic nitrogens is 1. The highest BCUT2D eigenvalue weighted by atomic mass is 16.2. The minimum atomic E-state index is 0.0376. The van der Waals surface area contributed by atoms with Crippen LogP contribution in [0.4, 0.5) is 5.69 Å². The van der Waals surface area contributed by atoms with E-state index in [0.29, 0.717) is 5.69 Å². The number of hydrogen-bond acceptors (Lipinski definition) is 5. The minimum Gasteiger partial charge on any atom is -0.383 e. The third-order valence-electron chi connectivity index (χ3n) is 3.98. The molecule has 1 amide bonds.